The molecule has 2 aromatic rings. The summed E-state index contributed by atoms with van der Waals surface area (Å²) in [7, 11) is 0. The molecule has 23 heavy (non-hydrogen) atoms. The molecule has 0 atom stereocenters. The minimum Gasteiger partial charge on any atom is -0.486 e. The Labute approximate surface area is 130 Å². The molecule has 1 N–H and O–H groups in total. The number of hydrogen-bond donors (Lipinski definition) is 1. The molecule has 1 aliphatic rings. The number of carbonyl (C=O) groups is 2. The van der Waals surface area contributed by atoms with Gasteiger partial charge in [-0.25, -0.2) is 4.68 Å². The van der Waals surface area contributed by atoms with E-state index in [4.69, 9.17) is 14.2 Å². The zero-order valence-corrected chi connectivity index (χ0v) is 12.0. The largest absolute Gasteiger partial charge is 0.486 e. The Balaban J connectivity index is 1.48. The van der Waals surface area contributed by atoms with Gasteiger partial charge in [-0.15, -0.1) is 5.10 Å². The van der Waals surface area contributed by atoms with Crippen molar-refractivity contribution in [3.63, 3.8) is 0 Å². The molecule has 120 valence electrons. The van der Waals surface area contributed by atoms with Crippen molar-refractivity contribution in [3.05, 3.63) is 24.5 Å². The Morgan fingerprint density at radius 2 is 2.09 bits per heavy atom. The molecule has 0 unspecified atom stereocenters. The van der Waals surface area contributed by atoms with E-state index in [1.54, 1.807) is 18.2 Å². The van der Waals surface area contributed by atoms with E-state index >= 15 is 0 Å². The van der Waals surface area contributed by atoms with Gasteiger partial charge in [-0.3, -0.25) is 9.59 Å². The van der Waals surface area contributed by atoms with Crippen LogP contribution in [0.5, 0.6) is 11.5 Å². The lowest BCUT2D eigenvalue weighted by atomic mass is 10.2. The summed E-state index contributed by atoms with van der Waals surface area (Å²) < 4.78 is 16.8. The number of tetrazole rings is 1. The smallest absolute Gasteiger partial charge is 0.328 e. The fourth-order valence-corrected chi connectivity index (χ4v) is 1.89. The van der Waals surface area contributed by atoms with E-state index in [0.717, 1.165) is 0 Å². The van der Waals surface area contributed by atoms with Crippen LogP contribution in [0.4, 0.5) is 5.69 Å². The second kappa shape index (κ2) is 6.73. The van der Waals surface area contributed by atoms with Crippen LogP contribution in [0.25, 0.3) is 0 Å². The van der Waals surface area contributed by atoms with E-state index in [0.29, 0.717) is 30.4 Å². The van der Waals surface area contributed by atoms with E-state index < -0.39 is 18.5 Å². The van der Waals surface area contributed by atoms with Gasteiger partial charge in [-0.1, -0.05) is 0 Å². The average molecular weight is 319 g/mol. The summed E-state index contributed by atoms with van der Waals surface area (Å²) in [5.41, 5.74) is 0.524. The van der Waals surface area contributed by atoms with Crippen molar-refractivity contribution in [1.29, 1.82) is 0 Å². The molecule has 3 rings (SSSR count). The summed E-state index contributed by atoms with van der Waals surface area (Å²) in [6.07, 6.45) is 1.27. The van der Waals surface area contributed by atoms with Crippen molar-refractivity contribution < 1.29 is 23.8 Å². The van der Waals surface area contributed by atoms with E-state index in [1.165, 1.54) is 11.0 Å². The van der Waals surface area contributed by atoms with Crippen LogP contribution in [-0.4, -0.2) is 51.9 Å². The van der Waals surface area contributed by atoms with Gasteiger partial charge in [-0.05, 0) is 22.6 Å². The van der Waals surface area contributed by atoms with Crippen molar-refractivity contribution in [2.45, 2.75) is 6.54 Å². The Kier molecular flexibility index (Phi) is 4.32. The second-order valence-corrected chi connectivity index (χ2v) is 4.57. The lowest BCUT2D eigenvalue weighted by Crippen LogP contribution is -2.23. The van der Waals surface area contributed by atoms with Crippen LogP contribution in [-0.2, 0) is 20.9 Å². The summed E-state index contributed by atoms with van der Waals surface area (Å²) in [6.45, 7) is 0.384. The molecule has 2 heterocycles. The van der Waals surface area contributed by atoms with Crippen LogP contribution in [0.2, 0.25) is 0 Å². The van der Waals surface area contributed by atoms with E-state index in [1.807, 2.05) is 0 Å². The third-order valence-corrected chi connectivity index (χ3v) is 2.87. The summed E-state index contributed by atoms with van der Waals surface area (Å²) in [5.74, 6) is 0.105. The molecule has 1 amide bonds. The van der Waals surface area contributed by atoms with Gasteiger partial charge < -0.3 is 19.5 Å². The average Bonchev–Trinajstić information content (AvgIpc) is 3.06. The molecular formula is C13H13N5O5. The maximum Gasteiger partial charge on any atom is 0.328 e. The predicted octanol–water partition coefficient (Wildman–Crippen LogP) is -0.374. The highest BCUT2D eigenvalue weighted by molar-refractivity contribution is 5.93. The molecule has 0 spiro atoms. The number of rotatable bonds is 5. The number of nitrogens with zero attached hydrogens (tertiary/aromatic N) is 4. The molecule has 0 radical (unpaired) electrons. The zero-order chi connectivity index (χ0) is 16.1. The van der Waals surface area contributed by atoms with Crippen molar-refractivity contribution in [2.24, 2.45) is 0 Å². The fourth-order valence-electron chi connectivity index (χ4n) is 1.89. The van der Waals surface area contributed by atoms with Crippen molar-refractivity contribution in [1.82, 2.24) is 20.2 Å². The monoisotopic (exact) mass is 319 g/mol. The first kappa shape index (κ1) is 14.8. The minimum atomic E-state index is -0.616. The number of amides is 1. The van der Waals surface area contributed by atoms with Gasteiger partial charge >= 0.3 is 5.97 Å². The number of ether oxygens (including phenoxy) is 3. The molecule has 0 saturated heterocycles. The Morgan fingerprint density at radius 1 is 1.26 bits per heavy atom. The first-order chi connectivity index (χ1) is 11.2. The number of fused-ring (bicyclic) bond motifs is 1. The van der Waals surface area contributed by atoms with Gasteiger partial charge in [0.2, 0.25) is 0 Å². The van der Waals surface area contributed by atoms with Crippen molar-refractivity contribution in [2.75, 3.05) is 25.1 Å². The van der Waals surface area contributed by atoms with Crippen LogP contribution >= 0.6 is 0 Å². The topological polar surface area (TPSA) is 117 Å². The van der Waals surface area contributed by atoms with Crippen molar-refractivity contribution in [3.8, 4) is 11.5 Å². The van der Waals surface area contributed by atoms with E-state index in [9.17, 15) is 9.59 Å². The number of anilines is 1. The minimum absolute atomic E-state index is 0.162. The molecule has 0 fully saturated rings. The van der Waals surface area contributed by atoms with Gasteiger partial charge in [0.15, 0.2) is 18.1 Å². The first-order valence-corrected chi connectivity index (χ1v) is 6.76. The van der Waals surface area contributed by atoms with E-state index in [2.05, 4.69) is 20.8 Å². The zero-order valence-electron chi connectivity index (χ0n) is 12.0. The summed E-state index contributed by atoms with van der Waals surface area (Å²) >= 11 is 0. The standard InChI is InChI=1S/C13H13N5O5/c19-12(7-23-13(20)6-18-8-14-16-17-18)15-9-1-2-10-11(5-9)22-4-3-21-10/h1-2,5,8H,3-4,6-7H2,(H,15,19). The number of benzene rings is 1. The highest BCUT2D eigenvalue weighted by Gasteiger charge is 2.14. The quantitative estimate of drug-likeness (QED) is 0.742. The third-order valence-electron chi connectivity index (χ3n) is 2.87. The van der Waals surface area contributed by atoms with Crippen molar-refractivity contribution >= 4 is 17.6 Å². The maximum absolute atomic E-state index is 11.8. The fraction of sp³-hybridized carbons (Fsp3) is 0.308. The summed E-state index contributed by atoms with van der Waals surface area (Å²) in [6, 6.07) is 5.03. The van der Waals surface area contributed by atoms with Crippen LogP contribution in [0, 0.1) is 0 Å². The third kappa shape index (κ3) is 3.93. The van der Waals surface area contributed by atoms with Crippen LogP contribution < -0.4 is 14.8 Å². The predicted molar refractivity (Wildman–Crippen MR) is 74.8 cm³/mol. The first-order valence-electron chi connectivity index (χ1n) is 6.76. The van der Waals surface area contributed by atoms with Crippen LogP contribution in [0.1, 0.15) is 0 Å². The molecule has 10 nitrogen and oxygen atoms in total. The molecular weight excluding hydrogens is 306 g/mol. The van der Waals surface area contributed by atoms with E-state index in [-0.39, 0.29) is 6.54 Å². The lowest BCUT2D eigenvalue weighted by molar-refractivity contribution is -0.148. The lowest BCUT2D eigenvalue weighted by Gasteiger charge is -2.19. The molecule has 1 aliphatic heterocycles. The highest BCUT2D eigenvalue weighted by atomic mass is 16.6. The van der Waals surface area contributed by atoms with Gasteiger partial charge in [0.05, 0.1) is 0 Å². The number of carbonyl (C=O) groups excluding carboxylic acids is 2. The number of hydrogen-bond acceptors (Lipinski definition) is 8. The summed E-state index contributed by atoms with van der Waals surface area (Å²) in [4.78, 5) is 23.3. The van der Waals surface area contributed by atoms with Gasteiger partial charge in [-0.2, -0.15) is 0 Å². The molecule has 0 bridgehead atoms. The summed E-state index contributed by atoms with van der Waals surface area (Å²) in [5, 5.41) is 12.9. The Bertz CT molecular complexity index is 703. The SMILES string of the molecule is O=C(COC(=O)Cn1cnnn1)Nc1ccc2c(c1)OCCO2. The van der Waals surface area contributed by atoms with Gasteiger partial charge in [0.25, 0.3) is 5.91 Å². The number of aromatic nitrogens is 4. The molecule has 10 heteroatoms. The Hall–Kier alpha value is -3.17. The number of nitrogens with one attached hydrogen (secondary N) is 1. The maximum atomic E-state index is 11.8. The second-order valence-electron chi connectivity index (χ2n) is 4.57. The Morgan fingerprint density at radius 3 is 2.87 bits per heavy atom. The van der Waals surface area contributed by atoms with Crippen LogP contribution in [0.3, 0.4) is 0 Å². The highest BCUT2D eigenvalue weighted by Crippen LogP contribution is 2.32. The molecule has 0 saturated carbocycles. The molecule has 1 aromatic carbocycles. The molecule has 1 aromatic heterocycles. The molecule has 0 aliphatic carbocycles. The van der Waals surface area contributed by atoms with Gasteiger partial charge in [0.1, 0.15) is 26.1 Å². The number of esters is 1. The van der Waals surface area contributed by atoms with Gasteiger partial charge in [0, 0.05) is 11.8 Å². The normalized spacial score (nSPS) is 12.5. The van der Waals surface area contributed by atoms with Crippen LogP contribution in [0.15, 0.2) is 24.5 Å².